The van der Waals surface area contributed by atoms with Crippen LogP contribution in [0.1, 0.15) is 29.8 Å². The van der Waals surface area contributed by atoms with Crippen LogP contribution in [-0.2, 0) is 12.8 Å². The minimum absolute atomic E-state index is 0.684. The van der Waals surface area contributed by atoms with Crippen LogP contribution >= 0.6 is 0 Å². The molecule has 0 aliphatic heterocycles. The number of aryl methyl sites for hydroxylation is 2. The Bertz CT molecular complexity index is 985. The smallest absolute Gasteiger partial charge is 0.178 e. The van der Waals surface area contributed by atoms with Gasteiger partial charge in [0, 0.05) is 22.5 Å². The molecular weight excluding hydrogens is 338 g/mol. The number of hydrogen-bond acceptors (Lipinski definition) is 5. The van der Waals surface area contributed by atoms with E-state index in [-0.39, 0.29) is 0 Å². The maximum atomic E-state index is 5.49. The minimum atomic E-state index is 0.684. The molecule has 0 radical (unpaired) electrons. The largest absolute Gasteiger partial charge is 0.493 e. The van der Waals surface area contributed by atoms with Crippen molar-refractivity contribution in [3.8, 4) is 34.3 Å². The fourth-order valence-corrected chi connectivity index (χ4v) is 3.60. The van der Waals surface area contributed by atoms with Crippen LogP contribution in [0.5, 0.6) is 11.5 Å². The Labute approximate surface area is 159 Å². The maximum Gasteiger partial charge on any atom is 0.178 e. The molecule has 3 aromatic rings. The van der Waals surface area contributed by atoms with E-state index in [0.29, 0.717) is 17.3 Å². The van der Waals surface area contributed by atoms with E-state index >= 15 is 0 Å². The second-order valence-electron chi connectivity index (χ2n) is 6.76. The Balaban J connectivity index is 1.90. The fourth-order valence-electron chi connectivity index (χ4n) is 3.60. The zero-order chi connectivity index (χ0) is 18.8. The molecule has 5 nitrogen and oxygen atoms in total. The molecule has 0 fully saturated rings. The van der Waals surface area contributed by atoms with Crippen LogP contribution in [0, 0.1) is 6.92 Å². The number of benzene rings is 1. The average Bonchev–Trinajstić information content (AvgIpc) is 2.72. The molecule has 1 aliphatic carbocycles. The van der Waals surface area contributed by atoms with Gasteiger partial charge in [-0.1, -0.05) is 6.07 Å². The molecule has 0 spiro atoms. The lowest BCUT2D eigenvalue weighted by Gasteiger charge is -2.20. The second kappa shape index (κ2) is 7.35. The van der Waals surface area contributed by atoms with Crippen molar-refractivity contribution in [2.45, 2.75) is 32.6 Å². The lowest BCUT2D eigenvalue weighted by molar-refractivity contribution is 0.355. The van der Waals surface area contributed by atoms with Crippen LogP contribution in [0.4, 0.5) is 0 Å². The number of fused-ring (bicyclic) bond motifs is 1. The number of aromatic nitrogens is 3. The third kappa shape index (κ3) is 3.37. The first kappa shape index (κ1) is 17.5. The van der Waals surface area contributed by atoms with E-state index in [1.54, 1.807) is 14.2 Å². The van der Waals surface area contributed by atoms with Gasteiger partial charge in [0.2, 0.25) is 0 Å². The van der Waals surface area contributed by atoms with Crippen LogP contribution < -0.4 is 9.47 Å². The van der Waals surface area contributed by atoms with E-state index in [2.05, 4.69) is 4.98 Å². The van der Waals surface area contributed by atoms with Gasteiger partial charge in [-0.15, -0.1) is 0 Å². The normalized spacial score (nSPS) is 13.1. The number of hydrogen-bond donors (Lipinski definition) is 0. The monoisotopic (exact) mass is 361 g/mol. The zero-order valence-electron chi connectivity index (χ0n) is 16.0. The molecule has 138 valence electrons. The summed E-state index contributed by atoms with van der Waals surface area (Å²) in [5, 5.41) is 0. The SMILES string of the molecule is COc1ccc(-c2nc(-c3cccc(C)n3)nc3c2CCCC3)cc1OC. The molecule has 0 saturated carbocycles. The van der Waals surface area contributed by atoms with Crippen LogP contribution in [-0.4, -0.2) is 29.2 Å². The van der Waals surface area contributed by atoms with E-state index in [4.69, 9.17) is 19.4 Å². The summed E-state index contributed by atoms with van der Waals surface area (Å²) in [6, 6.07) is 11.9. The molecular formula is C22H23N3O2. The topological polar surface area (TPSA) is 57.1 Å². The highest BCUT2D eigenvalue weighted by Gasteiger charge is 2.21. The highest BCUT2D eigenvalue weighted by Crippen LogP contribution is 2.36. The molecule has 2 aromatic heterocycles. The van der Waals surface area contributed by atoms with Crippen molar-refractivity contribution in [2.24, 2.45) is 0 Å². The number of nitrogens with zero attached hydrogens (tertiary/aromatic N) is 3. The van der Waals surface area contributed by atoms with Crippen molar-refractivity contribution >= 4 is 0 Å². The summed E-state index contributed by atoms with van der Waals surface area (Å²) >= 11 is 0. The predicted octanol–water partition coefficient (Wildman–Crippen LogP) is 4.41. The van der Waals surface area contributed by atoms with Gasteiger partial charge < -0.3 is 9.47 Å². The summed E-state index contributed by atoms with van der Waals surface area (Å²) in [6.45, 7) is 1.98. The summed E-state index contributed by atoms with van der Waals surface area (Å²) in [5.41, 5.74) is 6.14. The molecule has 27 heavy (non-hydrogen) atoms. The van der Waals surface area contributed by atoms with Crippen molar-refractivity contribution in [1.29, 1.82) is 0 Å². The Morgan fingerprint density at radius 2 is 1.67 bits per heavy atom. The van der Waals surface area contributed by atoms with E-state index < -0.39 is 0 Å². The summed E-state index contributed by atoms with van der Waals surface area (Å²) in [5.74, 6) is 2.10. The Morgan fingerprint density at radius 1 is 0.852 bits per heavy atom. The number of ether oxygens (including phenoxy) is 2. The van der Waals surface area contributed by atoms with Crippen molar-refractivity contribution in [3.05, 3.63) is 53.3 Å². The molecule has 1 aromatic carbocycles. The van der Waals surface area contributed by atoms with Crippen molar-refractivity contribution in [2.75, 3.05) is 14.2 Å². The van der Waals surface area contributed by atoms with Gasteiger partial charge in [0.1, 0.15) is 5.69 Å². The van der Waals surface area contributed by atoms with Gasteiger partial charge in [0.05, 0.1) is 19.9 Å². The van der Waals surface area contributed by atoms with Gasteiger partial charge in [-0.25, -0.2) is 15.0 Å². The number of methoxy groups -OCH3 is 2. The van der Waals surface area contributed by atoms with Gasteiger partial charge >= 0.3 is 0 Å². The average molecular weight is 361 g/mol. The van der Waals surface area contributed by atoms with Crippen molar-refractivity contribution < 1.29 is 9.47 Å². The zero-order valence-corrected chi connectivity index (χ0v) is 16.0. The van der Waals surface area contributed by atoms with Crippen LogP contribution in [0.2, 0.25) is 0 Å². The highest BCUT2D eigenvalue weighted by atomic mass is 16.5. The minimum Gasteiger partial charge on any atom is -0.493 e. The van der Waals surface area contributed by atoms with E-state index in [9.17, 15) is 0 Å². The maximum absolute atomic E-state index is 5.49. The Hall–Kier alpha value is -2.95. The molecule has 2 heterocycles. The number of pyridine rings is 1. The molecule has 0 amide bonds. The first-order valence-corrected chi connectivity index (χ1v) is 9.26. The van der Waals surface area contributed by atoms with Gasteiger partial charge in [-0.2, -0.15) is 0 Å². The summed E-state index contributed by atoms with van der Waals surface area (Å²) in [7, 11) is 3.30. The molecule has 0 bridgehead atoms. The third-order valence-electron chi connectivity index (χ3n) is 4.96. The quantitative estimate of drug-likeness (QED) is 0.689. The predicted molar refractivity (Wildman–Crippen MR) is 105 cm³/mol. The lowest BCUT2D eigenvalue weighted by atomic mass is 9.92. The Kier molecular flexibility index (Phi) is 4.75. The van der Waals surface area contributed by atoms with Crippen molar-refractivity contribution in [1.82, 2.24) is 15.0 Å². The van der Waals surface area contributed by atoms with Crippen LogP contribution in [0.3, 0.4) is 0 Å². The lowest BCUT2D eigenvalue weighted by Crippen LogP contribution is -2.11. The number of rotatable bonds is 4. The molecule has 0 N–H and O–H groups in total. The fraction of sp³-hybridized carbons (Fsp3) is 0.318. The summed E-state index contributed by atoms with van der Waals surface area (Å²) in [4.78, 5) is 14.4. The molecule has 1 aliphatic rings. The first-order valence-electron chi connectivity index (χ1n) is 9.26. The van der Waals surface area contributed by atoms with Crippen LogP contribution in [0.15, 0.2) is 36.4 Å². The highest BCUT2D eigenvalue weighted by molar-refractivity contribution is 5.70. The standard InChI is InChI=1S/C22H23N3O2/c1-14-7-6-10-18(23-14)22-24-17-9-5-4-8-16(17)21(25-22)15-11-12-19(26-2)20(13-15)27-3/h6-7,10-13H,4-5,8-9H2,1-3H3. The second-order valence-corrected chi connectivity index (χ2v) is 6.76. The first-order chi connectivity index (χ1) is 13.2. The van der Waals surface area contributed by atoms with Crippen molar-refractivity contribution in [3.63, 3.8) is 0 Å². The molecule has 0 saturated heterocycles. The van der Waals surface area contributed by atoms with E-state index in [1.807, 2.05) is 43.3 Å². The van der Waals surface area contributed by atoms with Gasteiger partial charge in [0.15, 0.2) is 17.3 Å². The molecule has 4 rings (SSSR count). The van der Waals surface area contributed by atoms with Crippen LogP contribution in [0.25, 0.3) is 22.8 Å². The summed E-state index contributed by atoms with van der Waals surface area (Å²) in [6.07, 6.45) is 4.31. The van der Waals surface area contributed by atoms with Gasteiger partial charge in [-0.05, 0) is 62.9 Å². The third-order valence-corrected chi connectivity index (χ3v) is 4.96. The molecule has 0 atom stereocenters. The Morgan fingerprint density at radius 3 is 2.44 bits per heavy atom. The van der Waals surface area contributed by atoms with Gasteiger partial charge in [-0.3, -0.25) is 0 Å². The van der Waals surface area contributed by atoms with E-state index in [1.165, 1.54) is 12.0 Å². The molecule has 0 unspecified atom stereocenters. The van der Waals surface area contributed by atoms with Gasteiger partial charge in [0.25, 0.3) is 0 Å². The summed E-state index contributed by atoms with van der Waals surface area (Å²) < 4.78 is 10.9. The van der Waals surface area contributed by atoms with E-state index in [0.717, 1.165) is 47.6 Å². The molecule has 5 heteroatoms.